The maximum atomic E-state index is 12.8. The lowest BCUT2D eigenvalue weighted by molar-refractivity contribution is -0.121. The van der Waals surface area contributed by atoms with Crippen LogP contribution in [0.15, 0.2) is 53.3 Å². The van der Waals surface area contributed by atoms with Gasteiger partial charge in [0.25, 0.3) is 11.5 Å². The first-order chi connectivity index (χ1) is 14.5. The molecule has 7 heteroatoms. The summed E-state index contributed by atoms with van der Waals surface area (Å²) in [6.45, 7) is 4.47. The Morgan fingerprint density at radius 1 is 1.00 bits per heavy atom. The van der Waals surface area contributed by atoms with Crippen molar-refractivity contribution < 1.29 is 9.59 Å². The summed E-state index contributed by atoms with van der Waals surface area (Å²) in [4.78, 5) is 37.7. The Kier molecular flexibility index (Phi) is 6.95. The molecule has 7 nitrogen and oxygen atoms in total. The molecular weight excluding hydrogens is 380 g/mol. The number of amides is 2. The summed E-state index contributed by atoms with van der Waals surface area (Å²) in [6, 6.07) is 14.5. The number of carbonyl (C=O) groups excluding carboxylic acids is 2. The van der Waals surface area contributed by atoms with Crippen molar-refractivity contribution in [2.75, 3.05) is 0 Å². The SMILES string of the molecule is CCCCCn1nc(C(=O)NNC(=O)Cc2cccc(C)c2)c2ccccc2c1=O. The van der Waals surface area contributed by atoms with Crippen molar-refractivity contribution in [3.05, 3.63) is 75.7 Å². The number of rotatable bonds is 7. The predicted molar refractivity (Wildman–Crippen MR) is 116 cm³/mol. The molecule has 0 aliphatic heterocycles. The van der Waals surface area contributed by atoms with Gasteiger partial charge in [-0.1, -0.05) is 67.8 Å². The monoisotopic (exact) mass is 406 g/mol. The summed E-state index contributed by atoms with van der Waals surface area (Å²) >= 11 is 0. The van der Waals surface area contributed by atoms with Crippen LogP contribution in [0.5, 0.6) is 0 Å². The lowest BCUT2D eigenvalue weighted by Gasteiger charge is -2.12. The minimum absolute atomic E-state index is 0.109. The van der Waals surface area contributed by atoms with Crippen molar-refractivity contribution in [3.63, 3.8) is 0 Å². The molecule has 1 heterocycles. The summed E-state index contributed by atoms with van der Waals surface area (Å²) in [5.74, 6) is -0.900. The van der Waals surface area contributed by atoms with Gasteiger partial charge in [0.15, 0.2) is 5.69 Å². The molecule has 30 heavy (non-hydrogen) atoms. The van der Waals surface area contributed by atoms with Gasteiger partial charge < -0.3 is 0 Å². The molecule has 0 saturated carbocycles. The van der Waals surface area contributed by atoms with E-state index in [4.69, 9.17) is 0 Å². The molecule has 1 aromatic heterocycles. The number of aryl methyl sites for hydroxylation is 2. The third-order valence-corrected chi connectivity index (χ3v) is 4.82. The van der Waals surface area contributed by atoms with Crippen LogP contribution in [0.4, 0.5) is 0 Å². The molecule has 0 aliphatic carbocycles. The highest BCUT2D eigenvalue weighted by atomic mass is 16.2. The summed E-state index contributed by atoms with van der Waals surface area (Å²) in [7, 11) is 0. The normalized spacial score (nSPS) is 10.7. The number of unbranched alkanes of at least 4 members (excludes halogenated alkanes) is 2. The molecular formula is C23H26N4O3. The van der Waals surface area contributed by atoms with Crippen LogP contribution in [-0.2, 0) is 17.8 Å². The van der Waals surface area contributed by atoms with Crippen molar-refractivity contribution in [1.82, 2.24) is 20.6 Å². The van der Waals surface area contributed by atoms with Gasteiger partial charge in [-0.15, -0.1) is 0 Å². The molecule has 3 rings (SSSR count). The second kappa shape index (κ2) is 9.82. The van der Waals surface area contributed by atoms with Crippen LogP contribution >= 0.6 is 0 Å². The predicted octanol–water partition coefficient (Wildman–Crippen LogP) is 2.90. The van der Waals surface area contributed by atoms with E-state index in [-0.39, 0.29) is 23.6 Å². The Morgan fingerprint density at radius 3 is 2.50 bits per heavy atom. The summed E-state index contributed by atoms with van der Waals surface area (Å²) in [6.07, 6.45) is 2.93. The Balaban J connectivity index is 1.77. The average Bonchev–Trinajstić information content (AvgIpc) is 2.74. The fraction of sp³-hybridized carbons (Fsp3) is 0.304. The number of benzene rings is 2. The zero-order chi connectivity index (χ0) is 21.5. The van der Waals surface area contributed by atoms with Gasteiger partial charge >= 0.3 is 0 Å². The molecule has 2 aromatic carbocycles. The van der Waals surface area contributed by atoms with E-state index < -0.39 is 5.91 Å². The molecule has 2 N–H and O–H groups in total. The van der Waals surface area contributed by atoms with Gasteiger partial charge in [0.1, 0.15) is 0 Å². The maximum absolute atomic E-state index is 12.8. The Morgan fingerprint density at radius 2 is 1.77 bits per heavy atom. The number of fused-ring (bicyclic) bond motifs is 1. The van der Waals surface area contributed by atoms with Crippen LogP contribution in [0, 0.1) is 6.92 Å². The van der Waals surface area contributed by atoms with E-state index >= 15 is 0 Å². The number of hydrogen-bond acceptors (Lipinski definition) is 4. The third-order valence-electron chi connectivity index (χ3n) is 4.82. The minimum atomic E-state index is -0.562. The van der Waals surface area contributed by atoms with E-state index in [1.54, 1.807) is 24.3 Å². The quantitative estimate of drug-likeness (QED) is 0.466. The number of hydrogen-bond donors (Lipinski definition) is 2. The molecule has 3 aromatic rings. The van der Waals surface area contributed by atoms with Crippen molar-refractivity contribution in [2.24, 2.45) is 0 Å². The van der Waals surface area contributed by atoms with Gasteiger partial charge in [0.05, 0.1) is 11.8 Å². The number of aromatic nitrogens is 2. The Bertz CT molecular complexity index is 1120. The van der Waals surface area contributed by atoms with E-state index in [1.165, 1.54) is 4.68 Å². The van der Waals surface area contributed by atoms with Crippen molar-refractivity contribution in [1.29, 1.82) is 0 Å². The van der Waals surface area contributed by atoms with Gasteiger partial charge in [-0.3, -0.25) is 25.2 Å². The van der Waals surface area contributed by atoms with Gasteiger partial charge in [-0.25, -0.2) is 4.68 Å². The molecule has 0 fully saturated rings. The van der Waals surface area contributed by atoms with E-state index in [9.17, 15) is 14.4 Å². The van der Waals surface area contributed by atoms with E-state index in [0.717, 1.165) is 30.4 Å². The van der Waals surface area contributed by atoms with Crippen molar-refractivity contribution in [2.45, 2.75) is 46.1 Å². The van der Waals surface area contributed by atoms with Gasteiger partial charge in [-0.2, -0.15) is 5.10 Å². The second-order valence-electron chi connectivity index (χ2n) is 7.30. The molecule has 0 saturated heterocycles. The standard InChI is InChI=1S/C23H26N4O3/c1-3-4-7-13-27-23(30)19-12-6-5-11-18(19)21(26-27)22(29)25-24-20(28)15-17-10-8-9-16(2)14-17/h5-6,8-12,14H,3-4,7,13,15H2,1-2H3,(H,24,28)(H,25,29). The fourth-order valence-electron chi connectivity index (χ4n) is 3.30. The molecule has 0 radical (unpaired) electrons. The molecule has 156 valence electrons. The first-order valence-corrected chi connectivity index (χ1v) is 10.1. The zero-order valence-electron chi connectivity index (χ0n) is 17.3. The summed E-state index contributed by atoms with van der Waals surface area (Å²) in [5, 5.41) is 5.18. The smallest absolute Gasteiger partial charge is 0.273 e. The lowest BCUT2D eigenvalue weighted by Crippen LogP contribution is -2.43. The van der Waals surface area contributed by atoms with Crippen molar-refractivity contribution >= 4 is 22.6 Å². The average molecular weight is 406 g/mol. The Hall–Kier alpha value is -3.48. The van der Waals surface area contributed by atoms with Gasteiger partial charge in [-0.05, 0) is 25.0 Å². The zero-order valence-corrected chi connectivity index (χ0v) is 17.3. The highest BCUT2D eigenvalue weighted by Crippen LogP contribution is 2.13. The maximum Gasteiger partial charge on any atom is 0.290 e. The van der Waals surface area contributed by atoms with Crippen LogP contribution in [0.2, 0.25) is 0 Å². The first kappa shape index (κ1) is 21.2. The second-order valence-corrected chi connectivity index (χ2v) is 7.30. The lowest BCUT2D eigenvalue weighted by atomic mass is 10.1. The number of nitrogens with one attached hydrogen (secondary N) is 2. The third kappa shape index (κ3) is 5.11. The summed E-state index contributed by atoms with van der Waals surface area (Å²) in [5.41, 5.74) is 6.66. The van der Waals surface area contributed by atoms with Crippen LogP contribution < -0.4 is 16.4 Å². The highest BCUT2D eigenvalue weighted by molar-refractivity contribution is 6.05. The molecule has 0 spiro atoms. The molecule has 0 bridgehead atoms. The summed E-state index contributed by atoms with van der Waals surface area (Å²) < 4.78 is 1.33. The van der Waals surface area contributed by atoms with Crippen LogP contribution in [-0.4, -0.2) is 21.6 Å². The fourth-order valence-corrected chi connectivity index (χ4v) is 3.30. The van der Waals surface area contributed by atoms with E-state index in [1.807, 2.05) is 31.2 Å². The van der Waals surface area contributed by atoms with Crippen LogP contribution in [0.1, 0.15) is 47.8 Å². The highest BCUT2D eigenvalue weighted by Gasteiger charge is 2.17. The largest absolute Gasteiger partial charge is 0.290 e. The number of hydrazine groups is 1. The van der Waals surface area contributed by atoms with Crippen molar-refractivity contribution in [3.8, 4) is 0 Å². The van der Waals surface area contributed by atoms with E-state index in [2.05, 4.69) is 22.9 Å². The molecule has 0 unspecified atom stereocenters. The molecule has 2 amide bonds. The molecule has 0 aliphatic rings. The van der Waals surface area contributed by atoms with E-state index in [0.29, 0.717) is 17.3 Å². The Labute approximate surface area is 175 Å². The van der Waals surface area contributed by atoms with Crippen LogP contribution in [0.3, 0.4) is 0 Å². The minimum Gasteiger partial charge on any atom is -0.273 e. The number of nitrogens with zero attached hydrogens (tertiary/aromatic N) is 2. The number of carbonyl (C=O) groups is 2. The van der Waals surface area contributed by atoms with Gasteiger partial charge in [0, 0.05) is 11.9 Å². The first-order valence-electron chi connectivity index (χ1n) is 10.1. The van der Waals surface area contributed by atoms with Gasteiger partial charge in [0.2, 0.25) is 5.91 Å². The van der Waals surface area contributed by atoms with Crippen LogP contribution in [0.25, 0.3) is 10.8 Å². The topological polar surface area (TPSA) is 93.1 Å². The molecule has 0 atom stereocenters.